The van der Waals surface area contributed by atoms with E-state index in [4.69, 9.17) is 4.74 Å². The van der Waals surface area contributed by atoms with Crippen LogP contribution in [0.1, 0.15) is 59.8 Å². The number of rotatable bonds is 6. The average Bonchev–Trinajstić information content (AvgIpc) is 2.81. The van der Waals surface area contributed by atoms with Crippen molar-refractivity contribution in [2.45, 2.75) is 82.4 Å². The normalized spacial score (nSPS) is 21.0. The monoisotopic (exact) mass is 524 g/mol. The first-order valence-electron chi connectivity index (χ1n) is 12.3. The summed E-state index contributed by atoms with van der Waals surface area (Å²) in [5, 5.41) is 14.2. The van der Waals surface area contributed by atoms with Crippen molar-refractivity contribution < 1.29 is 27.7 Å². The van der Waals surface area contributed by atoms with Crippen LogP contribution < -0.4 is 5.32 Å². The molecule has 1 saturated heterocycles. The number of carbonyl (C=O) groups is 2. The minimum Gasteiger partial charge on any atom is -0.444 e. The zero-order valence-corrected chi connectivity index (χ0v) is 22.1. The number of nitro benzene ring substituents is 1. The molecule has 0 unspecified atom stereocenters. The van der Waals surface area contributed by atoms with Crippen LogP contribution in [0.2, 0.25) is 0 Å². The van der Waals surface area contributed by atoms with Crippen LogP contribution in [0.25, 0.3) is 0 Å². The molecule has 1 saturated carbocycles. The van der Waals surface area contributed by atoms with Gasteiger partial charge in [0.2, 0.25) is 15.9 Å². The second kappa shape index (κ2) is 11.1. The molecule has 0 aromatic heterocycles. The first kappa shape index (κ1) is 27.9. The van der Waals surface area contributed by atoms with Gasteiger partial charge in [-0.2, -0.15) is 4.31 Å². The lowest BCUT2D eigenvalue weighted by Gasteiger charge is -2.42. The summed E-state index contributed by atoms with van der Waals surface area (Å²) in [4.78, 5) is 38.1. The van der Waals surface area contributed by atoms with Gasteiger partial charge in [-0.25, -0.2) is 13.2 Å². The maximum Gasteiger partial charge on any atom is 0.408 e. The molecule has 2 aliphatic rings. The summed E-state index contributed by atoms with van der Waals surface area (Å²) < 4.78 is 33.1. The number of benzene rings is 1. The minimum absolute atomic E-state index is 0.00567. The molecular formula is C24H36N4O7S. The molecule has 12 heteroatoms. The highest BCUT2D eigenvalue weighted by atomic mass is 32.2. The van der Waals surface area contributed by atoms with E-state index in [1.165, 1.54) is 22.5 Å². The van der Waals surface area contributed by atoms with E-state index in [9.17, 15) is 28.1 Å². The van der Waals surface area contributed by atoms with E-state index in [2.05, 4.69) is 5.32 Å². The van der Waals surface area contributed by atoms with Crippen LogP contribution in [0.5, 0.6) is 0 Å². The Hall–Kier alpha value is -2.73. The molecular weight excluding hydrogens is 488 g/mol. The van der Waals surface area contributed by atoms with Gasteiger partial charge < -0.3 is 15.0 Å². The predicted octanol–water partition coefficient (Wildman–Crippen LogP) is 3.29. The second-order valence-electron chi connectivity index (χ2n) is 10.5. The lowest BCUT2D eigenvalue weighted by molar-refractivity contribution is -0.387. The Bertz CT molecular complexity index is 1080. The van der Waals surface area contributed by atoms with Gasteiger partial charge in [-0.05, 0) is 52.5 Å². The maximum atomic E-state index is 13.7. The van der Waals surface area contributed by atoms with Crippen LogP contribution in [0.3, 0.4) is 0 Å². The number of piperazine rings is 1. The van der Waals surface area contributed by atoms with Crippen molar-refractivity contribution in [3.63, 3.8) is 0 Å². The van der Waals surface area contributed by atoms with Gasteiger partial charge in [0.25, 0.3) is 5.69 Å². The van der Waals surface area contributed by atoms with Gasteiger partial charge in [0.1, 0.15) is 11.6 Å². The lowest BCUT2D eigenvalue weighted by atomic mass is 9.83. The quantitative estimate of drug-likeness (QED) is 0.445. The summed E-state index contributed by atoms with van der Waals surface area (Å²) in [6, 6.07) is 3.99. The van der Waals surface area contributed by atoms with Crippen molar-refractivity contribution in [2.24, 2.45) is 5.92 Å². The summed E-state index contributed by atoms with van der Waals surface area (Å²) in [5.74, 6) is -0.289. The maximum absolute atomic E-state index is 13.7. The van der Waals surface area contributed by atoms with E-state index in [-0.39, 0.29) is 36.4 Å². The van der Waals surface area contributed by atoms with Gasteiger partial charge in [0, 0.05) is 31.7 Å². The molecule has 0 spiro atoms. The van der Waals surface area contributed by atoms with Gasteiger partial charge in [-0.15, -0.1) is 0 Å². The zero-order valence-electron chi connectivity index (χ0n) is 21.3. The first-order chi connectivity index (χ1) is 16.8. The Kier molecular flexibility index (Phi) is 8.60. The zero-order chi connectivity index (χ0) is 26.7. The molecule has 2 amide bonds. The number of carbonyl (C=O) groups excluding carboxylic acids is 2. The van der Waals surface area contributed by atoms with E-state index in [0.717, 1.165) is 38.2 Å². The lowest BCUT2D eigenvalue weighted by Crippen LogP contribution is -2.61. The summed E-state index contributed by atoms with van der Waals surface area (Å²) in [6.07, 6.45) is 4.00. The van der Waals surface area contributed by atoms with Gasteiger partial charge in [-0.3, -0.25) is 14.9 Å². The number of nitrogens with one attached hydrogen (secondary N) is 1. The highest BCUT2D eigenvalue weighted by Crippen LogP contribution is 2.30. The third-order valence-electron chi connectivity index (χ3n) is 6.61. The highest BCUT2D eigenvalue weighted by molar-refractivity contribution is 7.89. The number of para-hydroxylation sites is 1. The standard InChI is InChI=1S/C24H36N4O7S/c1-17-16-26(36(33,34)20-13-9-8-12-19(20)28(31)32)14-15-27(17)22(29)21(18-10-6-5-7-11-18)25-23(30)35-24(2,3)4/h8-9,12-13,17-18,21H,5-7,10-11,14-16H2,1-4H3,(H,25,30)/t17-,21+/m1/s1. The summed E-state index contributed by atoms with van der Waals surface area (Å²) >= 11 is 0. The van der Waals surface area contributed by atoms with Crippen LogP contribution in [-0.2, 0) is 19.6 Å². The third-order valence-corrected chi connectivity index (χ3v) is 8.53. The number of nitro groups is 1. The van der Waals surface area contributed by atoms with E-state index in [1.807, 2.05) is 0 Å². The Morgan fingerprint density at radius 1 is 1.14 bits per heavy atom. The second-order valence-corrected chi connectivity index (χ2v) is 12.4. The molecule has 1 aromatic rings. The van der Waals surface area contributed by atoms with Crippen molar-refractivity contribution >= 4 is 27.7 Å². The van der Waals surface area contributed by atoms with Gasteiger partial charge in [-0.1, -0.05) is 31.4 Å². The smallest absolute Gasteiger partial charge is 0.408 e. The molecule has 1 aliphatic heterocycles. The molecule has 0 radical (unpaired) electrons. The van der Waals surface area contributed by atoms with Crippen LogP contribution in [0, 0.1) is 16.0 Å². The first-order valence-corrected chi connectivity index (χ1v) is 13.8. The summed E-state index contributed by atoms with van der Waals surface area (Å²) in [6.45, 7) is 7.09. The highest BCUT2D eigenvalue weighted by Gasteiger charge is 2.41. The number of hydrogen-bond donors (Lipinski definition) is 1. The fourth-order valence-electron chi connectivity index (χ4n) is 4.90. The number of sulfonamides is 1. The van der Waals surface area contributed by atoms with Crippen molar-refractivity contribution in [1.82, 2.24) is 14.5 Å². The SMILES string of the molecule is C[C@@H]1CN(S(=O)(=O)c2ccccc2[N+](=O)[O-])CCN1C(=O)[C@@H](NC(=O)OC(C)(C)C)C1CCCCC1. The number of amides is 2. The Morgan fingerprint density at radius 2 is 1.78 bits per heavy atom. The Labute approximate surface area is 212 Å². The molecule has 36 heavy (non-hydrogen) atoms. The van der Waals surface area contributed by atoms with Crippen LogP contribution in [-0.4, -0.2) is 71.9 Å². The summed E-state index contributed by atoms with van der Waals surface area (Å²) in [7, 11) is -4.14. The summed E-state index contributed by atoms with van der Waals surface area (Å²) in [5.41, 5.74) is -1.19. The fourth-order valence-corrected chi connectivity index (χ4v) is 6.57. The van der Waals surface area contributed by atoms with Gasteiger partial charge >= 0.3 is 6.09 Å². The third kappa shape index (κ3) is 6.52. The molecule has 11 nitrogen and oxygen atoms in total. The van der Waals surface area contributed by atoms with Crippen LogP contribution in [0.15, 0.2) is 29.2 Å². The van der Waals surface area contributed by atoms with Crippen molar-refractivity contribution in [3.8, 4) is 0 Å². The van der Waals surface area contributed by atoms with Gasteiger partial charge in [0.05, 0.1) is 4.92 Å². The molecule has 1 heterocycles. The molecule has 2 fully saturated rings. The largest absolute Gasteiger partial charge is 0.444 e. The molecule has 1 aromatic carbocycles. The molecule has 0 bridgehead atoms. The van der Waals surface area contributed by atoms with Crippen molar-refractivity contribution in [1.29, 1.82) is 0 Å². The molecule has 200 valence electrons. The number of hydrogen-bond acceptors (Lipinski definition) is 7. The average molecular weight is 525 g/mol. The van der Waals surface area contributed by atoms with E-state index in [0.29, 0.717) is 0 Å². The minimum atomic E-state index is -4.14. The van der Waals surface area contributed by atoms with E-state index >= 15 is 0 Å². The Morgan fingerprint density at radius 3 is 2.36 bits per heavy atom. The topological polar surface area (TPSA) is 139 Å². The van der Waals surface area contributed by atoms with E-state index in [1.54, 1.807) is 32.6 Å². The van der Waals surface area contributed by atoms with E-state index < -0.39 is 44.4 Å². The van der Waals surface area contributed by atoms with Crippen molar-refractivity contribution in [2.75, 3.05) is 19.6 Å². The molecule has 2 atom stereocenters. The molecule has 1 N–H and O–H groups in total. The molecule has 3 rings (SSSR count). The van der Waals surface area contributed by atoms with Gasteiger partial charge in [0.15, 0.2) is 4.90 Å². The fraction of sp³-hybridized carbons (Fsp3) is 0.667. The van der Waals surface area contributed by atoms with Crippen LogP contribution >= 0.6 is 0 Å². The number of nitrogens with zero attached hydrogens (tertiary/aromatic N) is 3. The number of alkyl carbamates (subject to hydrolysis) is 1. The molecule has 1 aliphatic carbocycles. The Balaban J connectivity index is 1.77. The van der Waals surface area contributed by atoms with Crippen LogP contribution in [0.4, 0.5) is 10.5 Å². The van der Waals surface area contributed by atoms with Crippen molar-refractivity contribution in [3.05, 3.63) is 34.4 Å². The predicted molar refractivity (Wildman–Crippen MR) is 133 cm³/mol. The number of ether oxygens (including phenoxy) is 1.